The lowest BCUT2D eigenvalue weighted by Gasteiger charge is -2.16. The van der Waals surface area contributed by atoms with E-state index in [0.717, 1.165) is 0 Å². The molecule has 2 aromatic carbocycles. The molecule has 6 nitrogen and oxygen atoms in total. The molecule has 0 spiro atoms. The Hall–Kier alpha value is -3.43. The summed E-state index contributed by atoms with van der Waals surface area (Å²) in [4.78, 5) is 12.5. The first-order valence-electron chi connectivity index (χ1n) is 7.66. The Morgan fingerprint density at radius 3 is 2.65 bits per heavy atom. The van der Waals surface area contributed by atoms with E-state index in [2.05, 4.69) is 11.4 Å². The van der Waals surface area contributed by atoms with Gasteiger partial charge in [-0.3, -0.25) is 4.90 Å². The third kappa shape index (κ3) is 3.63. The average molecular weight is 368 g/mol. The second kappa shape index (κ2) is 7.64. The molecule has 0 saturated heterocycles. The van der Waals surface area contributed by atoms with E-state index in [4.69, 9.17) is 21.4 Å². The van der Waals surface area contributed by atoms with Crippen LogP contribution in [-0.2, 0) is 4.74 Å². The van der Waals surface area contributed by atoms with Crippen molar-refractivity contribution in [2.24, 2.45) is 0 Å². The zero-order valence-corrected chi connectivity index (χ0v) is 14.3. The molecule has 0 radical (unpaired) electrons. The standard InChI is InChI=1S/C19H14ClN3O3/c20-15-3-1-2-4-16(15)23-12-26-18(17(23)11-21)9-10-22-14-7-5-13(6-8-14)19(24)25/h1-10,22H,12H2,(H,24,25). The average Bonchev–Trinajstić information content (AvgIpc) is 3.05. The third-order valence-corrected chi connectivity index (χ3v) is 4.04. The fourth-order valence-corrected chi connectivity index (χ4v) is 2.66. The molecule has 3 rings (SSSR count). The van der Waals surface area contributed by atoms with E-state index in [1.165, 1.54) is 12.1 Å². The molecule has 0 aromatic heterocycles. The second-order valence-corrected chi connectivity index (χ2v) is 5.74. The number of allylic oxidation sites excluding steroid dienone is 2. The number of carboxylic acid groups (broad SMARTS) is 1. The van der Waals surface area contributed by atoms with Gasteiger partial charge in [0.1, 0.15) is 6.07 Å². The first kappa shape index (κ1) is 17.4. The molecule has 1 aliphatic rings. The molecule has 0 bridgehead atoms. The van der Waals surface area contributed by atoms with Crippen LogP contribution in [-0.4, -0.2) is 17.8 Å². The highest BCUT2D eigenvalue weighted by molar-refractivity contribution is 6.33. The molecule has 0 unspecified atom stereocenters. The topological polar surface area (TPSA) is 85.6 Å². The van der Waals surface area contributed by atoms with E-state index in [0.29, 0.717) is 27.9 Å². The van der Waals surface area contributed by atoms with Crippen LogP contribution in [0.25, 0.3) is 0 Å². The molecule has 0 saturated carbocycles. The zero-order valence-electron chi connectivity index (χ0n) is 13.5. The van der Waals surface area contributed by atoms with Gasteiger partial charge in [-0.15, -0.1) is 0 Å². The Labute approximate surface area is 155 Å². The summed E-state index contributed by atoms with van der Waals surface area (Å²) in [7, 11) is 0. The Morgan fingerprint density at radius 2 is 2.00 bits per heavy atom. The smallest absolute Gasteiger partial charge is 0.335 e. The number of nitrogens with zero attached hydrogens (tertiary/aromatic N) is 2. The maximum Gasteiger partial charge on any atom is 0.335 e. The lowest BCUT2D eigenvalue weighted by Crippen LogP contribution is -2.18. The predicted molar refractivity (Wildman–Crippen MR) is 98.7 cm³/mol. The highest BCUT2D eigenvalue weighted by Crippen LogP contribution is 2.32. The van der Waals surface area contributed by atoms with Crippen LogP contribution in [0.1, 0.15) is 10.4 Å². The van der Waals surface area contributed by atoms with Gasteiger partial charge in [0.05, 0.1) is 16.3 Å². The number of carbonyl (C=O) groups is 1. The Kier molecular flexibility index (Phi) is 5.11. The van der Waals surface area contributed by atoms with Gasteiger partial charge in [-0.25, -0.2) is 4.79 Å². The minimum atomic E-state index is -0.977. The van der Waals surface area contributed by atoms with Crippen LogP contribution >= 0.6 is 11.6 Å². The van der Waals surface area contributed by atoms with E-state index in [-0.39, 0.29) is 12.3 Å². The van der Waals surface area contributed by atoms with Crippen LogP contribution in [0, 0.1) is 11.3 Å². The molecule has 1 heterocycles. The summed E-state index contributed by atoms with van der Waals surface area (Å²) in [5.41, 5.74) is 1.98. The first-order valence-corrected chi connectivity index (χ1v) is 8.03. The maximum atomic E-state index is 10.8. The summed E-state index contributed by atoms with van der Waals surface area (Å²) in [5.74, 6) is -0.558. The normalized spacial score (nSPS) is 13.6. The van der Waals surface area contributed by atoms with Crippen molar-refractivity contribution in [3.8, 4) is 6.07 Å². The van der Waals surface area contributed by atoms with E-state index < -0.39 is 5.97 Å². The molecule has 2 aromatic rings. The monoisotopic (exact) mass is 367 g/mol. The van der Waals surface area contributed by atoms with E-state index >= 15 is 0 Å². The number of aromatic carboxylic acids is 1. The number of carboxylic acids is 1. The molecular weight excluding hydrogens is 354 g/mol. The van der Waals surface area contributed by atoms with Crippen molar-refractivity contribution in [3.63, 3.8) is 0 Å². The first-order chi connectivity index (χ1) is 12.6. The minimum Gasteiger partial charge on any atom is -0.478 e. The molecule has 130 valence electrons. The number of ether oxygens (including phenoxy) is 1. The molecule has 0 aliphatic carbocycles. The van der Waals surface area contributed by atoms with Crippen LogP contribution in [0.3, 0.4) is 0 Å². The summed E-state index contributed by atoms with van der Waals surface area (Å²) in [5, 5.41) is 21.9. The number of halogens is 1. The van der Waals surface area contributed by atoms with Gasteiger partial charge in [-0.05, 0) is 42.5 Å². The van der Waals surface area contributed by atoms with E-state index in [9.17, 15) is 10.1 Å². The predicted octanol–water partition coefficient (Wildman–Crippen LogP) is 4.19. The molecule has 1 aliphatic heterocycles. The van der Waals surface area contributed by atoms with Crippen LogP contribution < -0.4 is 10.2 Å². The summed E-state index contributed by atoms with van der Waals surface area (Å²) >= 11 is 6.19. The number of nitriles is 1. The van der Waals surface area contributed by atoms with Gasteiger partial charge in [-0.2, -0.15) is 5.26 Å². The van der Waals surface area contributed by atoms with Crippen molar-refractivity contribution < 1.29 is 14.6 Å². The van der Waals surface area contributed by atoms with E-state index in [1.807, 2.05) is 18.2 Å². The highest BCUT2D eigenvalue weighted by atomic mass is 35.5. The van der Waals surface area contributed by atoms with Gasteiger partial charge in [0.25, 0.3) is 0 Å². The Balaban J connectivity index is 1.75. The van der Waals surface area contributed by atoms with Gasteiger partial charge < -0.3 is 15.2 Å². The lowest BCUT2D eigenvalue weighted by molar-refractivity contribution is 0.0697. The number of para-hydroxylation sites is 1. The number of rotatable bonds is 5. The summed E-state index contributed by atoms with van der Waals surface area (Å²) in [6.07, 6.45) is 3.26. The van der Waals surface area contributed by atoms with E-state index in [1.54, 1.807) is 35.4 Å². The highest BCUT2D eigenvalue weighted by Gasteiger charge is 2.25. The minimum absolute atomic E-state index is 0.194. The zero-order chi connectivity index (χ0) is 18.5. The van der Waals surface area contributed by atoms with Crippen LogP contribution in [0.15, 0.2) is 72.3 Å². The van der Waals surface area contributed by atoms with Crippen LogP contribution in [0.4, 0.5) is 11.4 Å². The third-order valence-electron chi connectivity index (χ3n) is 3.72. The number of benzene rings is 2. The van der Waals surface area contributed by atoms with Gasteiger partial charge in [0.15, 0.2) is 18.2 Å². The number of hydrogen-bond acceptors (Lipinski definition) is 5. The van der Waals surface area contributed by atoms with Crippen LogP contribution in [0.2, 0.25) is 5.02 Å². The van der Waals surface area contributed by atoms with Gasteiger partial charge >= 0.3 is 5.97 Å². The second-order valence-electron chi connectivity index (χ2n) is 5.34. The molecule has 26 heavy (non-hydrogen) atoms. The van der Waals surface area contributed by atoms with Gasteiger partial charge in [-0.1, -0.05) is 23.7 Å². The van der Waals surface area contributed by atoms with Crippen molar-refractivity contribution in [2.75, 3.05) is 16.9 Å². The number of nitrogens with one attached hydrogen (secondary N) is 1. The molecule has 0 atom stereocenters. The van der Waals surface area contributed by atoms with Gasteiger partial charge in [0, 0.05) is 11.9 Å². The van der Waals surface area contributed by atoms with Crippen molar-refractivity contribution in [2.45, 2.75) is 0 Å². The molecule has 0 fully saturated rings. The number of anilines is 2. The SMILES string of the molecule is N#CC1=C(C=CNc2ccc(C(=O)O)cc2)OCN1c1ccccc1Cl. The van der Waals surface area contributed by atoms with Crippen molar-refractivity contribution >= 4 is 28.9 Å². The van der Waals surface area contributed by atoms with Crippen molar-refractivity contribution in [1.82, 2.24) is 0 Å². The number of hydrogen-bond donors (Lipinski definition) is 2. The molecule has 7 heteroatoms. The summed E-state index contributed by atoms with van der Waals surface area (Å²) in [6.45, 7) is 0.194. The molecular formula is C19H14ClN3O3. The molecule has 2 N–H and O–H groups in total. The fraction of sp³-hybridized carbons (Fsp3) is 0.0526. The van der Waals surface area contributed by atoms with Crippen LogP contribution in [0.5, 0.6) is 0 Å². The maximum absolute atomic E-state index is 10.8. The summed E-state index contributed by atoms with van der Waals surface area (Å²) < 4.78 is 5.59. The van der Waals surface area contributed by atoms with Gasteiger partial charge in [0.2, 0.25) is 0 Å². The Morgan fingerprint density at radius 1 is 1.27 bits per heavy atom. The lowest BCUT2D eigenvalue weighted by atomic mass is 10.2. The summed E-state index contributed by atoms with van der Waals surface area (Å²) in [6, 6.07) is 15.7. The molecule has 0 amide bonds. The Bertz CT molecular complexity index is 930. The quantitative estimate of drug-likeness (QED) is 0.824. The fourth-order valence-electron chi connectivity index (χ4n) is 2.43. The van der Waals surface area contributed by atoms with Crippen molar-refractivity contribution in [1.29, 1.82) is 5.26 Å². The van der Waals surface area contributed by atoms with Crippen molar-refractivity contribution in [3.05, 3.63) is 82.8 Å². The largest absolute Gasteiger partial charge is 0.478 e.